The van der Waals surface area contributed by atoms with E-state index in [9.17, 15) is 28.8 Å². The Morgan fingerprint density at radius 1 is 0.727 bits per heavy atom. The molecule has 9 atom stereocenters. The van der Waals surface area contributed by atoms with Crippen molar-refractivity contribution in [3.8, 4) is 0 Å². The predicted molar refractivity (Wildman–Crippen MR) is 244 cm³/mol. The van der Waals surface area contributed by atoms with Gasteiger partial charge in [-0.05, 0) is 94.6 Å². The number of carbonyl (C=O) groups excluding carboxylic acids is 6. The van der Waals surface area contributed by atoms with E-state index in [-0.39, 0.29) is 43.3 Å². The summed E-state index contributed by atoms with van der Waals surface area (Å²) in [5.74, 6) is -4.69. The highest BCUT2D eigenvalue weighted by molar-refractivity contribution is 7.15. The number of likely N-dealkylation sites (tertiary alicyclic amines) is 2. The number of hydrogen-bond donors (Lipinski definition) is 6. The van der Waals surface area contributed by atoms with Gasteiger partial charge in [-0.15, -0.1) is 11.3 Å². The Bertz CT molecular complexity index is 2510. The van der Waals surface area contributed by atoms with Gasteiger partial charge in [0.25, 0.3) is 11.8 Å². The highest BCUT2D eigenvalue weighted by atomic mass is 32.1. The molecular weight excluding hydrogens is 865 g/mol. The van der Waals surface area contributed by atoms with E-state index < -0.39 is 81.5 Å². The standard InChI is InChI=1S/C47H60N10O8S/c1-24-19-33(32-10-7-17-55(32)46(36(50)58,38(60)64-40(52)62)43(2)22-25-13-15-27(43)29(48)20-25)57(42-54-31-9-5-6-11-34(31)66-42)45(24,4)35-12-8-18-56(35)47(37(51)59,39(61)65-41(53)63)44(3)23-26-14-16-28(44)30(49)21-26/h13-16,24,32-33,35,48-49H,5-12,17-23H2,1-4H3,(H2,50,58)(H2,51,59)(H2,52,62)(H2,53,63)/t24?,32?,33?,35?,43?,44?,45-,46+,47+/m1/s1. The van der Waals surface area contributed by atoms with E-state index in [1.54, 1.807) is 37.3 Å². The molecule has 3 aliphatic heterocycles. The average Bonchev–Trinajstić information content (AvgIpc) is 4.04. The third-order valence-electron chi connectivity index (χ3n) is 17.1. The van der Waals surface area contributed by atoms with Gasteiger partial charge >= 0.3 is 24.1 Å². The molecule has 4 bridgehead atoms. The van der Waals surface area contributed by atoms with Crippen molar-refractivity contribution in [3.63, 3.8) is 0 Å². The van der Waals surface area contributed by atoms with Crippen molar-refractivity contribution < 1.29 is 38.2 Å². The highest BCUT2D eigenvalue weighted by Gasteiger charge is 2.73. The molecule has 1 aromatic rings. The number of amides is 4. The van der Waals surface area contributed by atoms with E-state index in [1.165, 1.54) is 0 Å². The fourth-order valence-electron chi connectivity index (χ4n) is 14.4. The van der Waals surface area contributed by atoms with Gasteiger partial charge in [0.05, 0.1) is 11.2 Å². The number of primary amides is 4. The zero-order valence-corrected chi connectivity index (χ0v) is 38.8. The van der Waals surface area contributed by atoms with Crippen LogP contribution in [0.15, 0.2) is 46.6 Å². The third kappa shape index (κ3) is 6.13. The summed E-state index contributed by atoms with van der Waals surface area (Å²) in [6.07, 6.45) is 11.8. The Balaban J connectivity index is 1.23. The van der Waals surface area contributed by atoms with Gasteiger partial charge in [-0.1, -0.05) is 56.2 Å². The Labute approximate surface area is 387 Å². The molecule has 5 fully saturated rings. The number of aromatic nitrogens is 1. The quantitative estimate of drug-likeness (QED) is 0.136. The van der Waals surface area contributed by atoms with Crippen LogP contribution in [0.4, 0.5) is 14.7 Å². The first-order valence-electron chi connectivity index (χ1n) is 23.1. The van der Waals surface area contributed by atoms with Crippen molar-refractivity contribution in [1.82, 2.24) is 14.8 Å². The minimum atomic E-state index is -2.31. The van der Waals surface area contributed by atoms with Gasteiger partial charge in [-0.3, -0.25) is 19.4 Å². The monoisotopic (exact) mass is 924 g/mol. The third-order valence-corrected chi connectivity index (χ3v) is 18.2. The van der Waals surface area contributed by atoms with E-state index in [4.69, 9.17) is 48.2 Å². The Kier molecular flexibility index (Phi) is 10.9. The van der Waals surface area contributed by atoms with Gasteiger partial charge in [-0.25, -0.2) is 24.2 Å². The van der Waals surface area contributed by atoms with Gasteiger partial charge in [0, 0.05) is 71.2 Å². The molecule has 10 aliphatic rings. The number of thiazole rings is 1. The lowest BCUT2D eigenvalue weighted by atomic mass is 9.55. The lowest BCUT2D eigenvalue weighted by Crippen LogP contribution is -2.77. The molecule has 7 aliphatic carbocycles. The first-order valence-corrected chi connectivity index (χ1v) is 23.9. The maximum absolute atomic E-state index is 15.0. The molecule has 10 N–H and O–H groups in total. The number of fused-ring (bicyclic) bond motifs is 7. The molecule has 11 rings (SSSR count). The minimum absolute atomic E-state index is 0.205. The van der Waals surface area contributed by atoms with Crippen LogP contribution in [0.1, 0.15) is 109 Å². The number of esters is 2. The Morgan fingerprint density at radius 3 is 1.74 bits per heavy atom. The minimum Gasteiger partial charge on any atom is -0.375 e. The highest BCUT2D eigenvalue weighted by Crippen LogP contribution is 2.61. The van der Waals surface area contributed by atoms with Crippen molar-refractivity contribution in [2.75, 3.05) is 18.0 Å². The van der Waals surface area contributed by atoms with Crippen molar-refractivity contribution in [2.45, 2.75) is 146 Å². The molecule has 352 valence electrons. The van der Waals surface area contributed by atoms with E-state index in [0.717, 1.165) is 47.4 Å². The van der Waals surface area contributed by atoms with Gasteiger partial charge in [0.15, 0.2) is 5.13 Å². The molecule has 66 heavy (non-hydrogen) atoms. The lowest BCUT2D eigenvalue weighted by molar-refractivity contribution is -0.170. The first kappa shape index (κ1) is 45.6. The molecule has 6 unspecified atom stereocenters. The van der Waals surface area contributed by atoms with E-state index in [2.05, 4.69) is 18.7 Å². The molecule has 19 heteroatoms. The van der Waals surface area contributed by atoms with E-state index in [0.29, 0.717) is 61.2 Å². The van der Waals surface area contributed by atoms with Crippen LogP contribution in [0.5, 0.6) is 0 Å². The van der Waals surface area contributed by atoms with E-state index >= 15 is 0 Å². The molecule has 3 saturated heterocycles. The number of nitrogens with two attached hydrogens (primary N) is 4. The number of aryl methyl sites for hydroxylation is 2. The molecule has 0 radical (unpaired) electrons. The number of rotatable bonds is 11. The number of anilines is 1. The summed E-state index contributed by atoms with van der Waals surface area (Å²) >= 11 is 1.59. The summed E-state index contributed by atoms with van der Waals surface area (Å²) < 4.78 is 10.5. The largest absolute Gasteiger partial charge is 0.412 e. The maximum atomic E-state index is 15.0. The van der Waals surface area contributed by atoms with Crippen LogP contribution in [0.3, 0.4) is 0 Å². The lowest BCUT2D eigenvalue weighted by Gasteiger charge is -2.58. The fraction of sp³-hybridized carbons (Fsp3) is 0.596. The summed E-state index contributed by atoms with van der Waals surface area (Å²) in [7, 11) is 0. The second-order valence-electron chi connectivity index (χ2n) is 20.3. The van der Waals surface area contributed by atoms with Gasteiger partial charge in [-0.2, -0.15) is 0 Å². The molecular formula is C47H60N10O8S. The van der Waals surface area contributed by atoms with Gasteiger partial charge in [0.2, 0.25) is 11.1 Å². The van der Waals surface area contributed by atoms with Crippen LogP contribution in [-0.2, 0) is 41.5 Å². The topological polar surface area (TPSA) is 295 Å². The smallest absolute Gasteiger partial charge is 0.375 e. The summed E-state index contributed by atoms with van der Waals surface area (Å²) in [5.41, 5.74) is 19.8. The zero-order chi connectivity index (χ0) is 47.5. The van der Waals surface area contributed by atoms with Crippen LogP contribution in [0.2, 0.25) is 0 Å². The second-order valence-corrected chi connectivity index (χ2v) is 21.4. The summed E-state index contributed by atoms with van der Waals surface area (Å²) in [6.45, 7) is 8.13. The molecule has 4 amide bonds. The fourth-order valence-corrected chi connectivity index (χ4v) is 15.7. The molecule has 18 nitrogen and oxygen atoms in total. The predicted octanol–water partition coefficient (Wildman–Crippen LogP) is 3.99. The Hall–Kier alpha value is -5.53. The average molecular weight is 925 g/mol. The first-order chi connectivity index (χ1) is 31.2. The van der Waals surface area contributed by atoms with Crippen LogP contribution in [0, 0.1) is 27.6 Å². The SMILES string of the molecule is CC1CC(C2CCCN2[C@@](C(N)=O)(C(=O)OC(N)=O)C2(C)CC3=CC=C2C(=N)C3)N(c2nc3c(s2)CCCC3)[C@@]1(C)C1CCCN1[C@@](C(N)=O)(C(=O)OC(N)=O)C1(C)CC2=CC=C1C(=N)C2. The molecule has 1 aromatic heterocycles. The summed E-state index contributed by atoms with van der Waals surface area (Å²) in [6, 6.07) is -1.71. The van der Waals surface area contributed by atoms with Gasteiger partial charge in [0.1, 0.15) is 0 Å². The number of carbonyl (C=O) groups is 6. The molecule has 0 aromatic carbocycles. The number of nitrogens with zero attached hydrogens (tertiary/aromatic N) is 4. The van der Waals surface area contributed by atoms with Crippen LogP contribution >= 0.6 is 11.3 Å². The molecule has 2 saturated carbocycles. The van der Waals surface area contributed by atoms with Crippen molar-refractivity contribution in [2.24, 2.45) is 39.7 Å². The zero-order valence-electron chi connectivity index (χ0n) is 38.0. The normalized spacial score (nSPS) is 33.5. The van der Waals surface area contributed by atoms with Crippen LogP contribution < -0.4 is 27.8 Å². The van der Waals surface area contributed by atoms with E-state index in [1.807, 2.05) is 22.0 Å². The van der Waals surface area contributed by atoms with Crippen molar-refractivity contribution in [1.29, 1.82) is 10.8 Å². The number of hydrogen-bond acceptors (Lipinski definition) is 15. The summed E-state index contributed by atoms with van der Waals surface area (Å²) in [4.78, 5) is 96.7. The second kappa shape index (κ2) is 15.8. The van der Waals surface area contributed by atoms with Crippen molar-refractivity contribution >= 4 is 63.8 Å². The number of nitrogens with one attached hydrogen (secondary N) is 2. The maximum Gasteiger partial charge on any atom is 0.412 e. The van der Waals surface area contributed by atoms with Crippen LogP contribution in [-0.4, -0.2) is 110 Å². The molecule has 0 spiro atoms. The van der Waals surface area contributed by atoms with Crippen LogP contribution in [0.25, 0.3) is 0 Å². The number of allylic oxidation sites excluding steroid dienone is 6. The van der Waals surface area contributed by atoms with Crippen molar-refractivity contribution in [3.05, 3.63) is 57.2 Å². The number of ether oxygens (including phenoxy) is 2. The summed E-state index contributed by atoms with van der Waals surface area (Å²) in [5, 5.41) is 18.8. The van der Waals surface area contributed by atoms with Gasteiger partial charge < -0.3 is 48.1 Å². The molecule has 4 heterocycles. The Morgan fingerprint density at radius 2 is 1.24 bits per heavy atom.